The van der Waals surface area contributed by atoms with Gasteiger partial charge in [0.1, 0.15) is 5.82 Å². The Labute approximate surface area is 121 Å². The van der Waals surface area contributed by atoms with Crippen LogP contribution in [-0.2, 0) is 0 Å². The SMILES string of the molecule is Cc1cccc(C(=O)NCCCCN(C)C(C)C)c1F. The average molecular weight is 280 g/mol. The summed E-state index contributed by atoms with van der Waals surface area (Å²) >= 11 is 0. The number of rotatable bonds is 7. The first-order valence-corrected chi connectivity index (χ1v) is 7.17. The third-order valence-corrected chi connectivity index (χ3v) is 3.54. The summed E-state index contributed by atoms with van der Waals surface area (Å²) in [5.74, 6) is -0.757. The van der Waals surface area contributed by atoms with Gasteiger partial charge in [-0.3, -0.25) is 4.79 Å². The molecular formula is C16H25FN2O. The summed E-state index contributed by atoms with van der Waals surface area (Å²) in [6, 6.07) is 5.41. The highest BCUT2D eigenvalue weighted by Crippen LogP contribution is 2.11. The Morgan fingerprint density at radius 1 is 1.35 bits per heavy atom. The maximum atomic E-state index is 13.8. The lowest BCUT2D eigenvalue weighted by Crippen LogP contribution is -2.29. The molecule has 0 spiro atoms. The van der Waals surface area contributed by atoms with Crippen molar-refractivity contribution in [2.24, 2.45) is 0 Å². The van der Waals surface area contributed by atoms with E-state index in [9.17, 15) is 9.18 Å². The molecule has 3 nitrogen and oxygen atoms in total. The van der Waals surface area contributed by atoms with Crippen LogP contribution in [0.15, 0.2) is 18.2 Å². The topological polar surface area (TPSA) is 32.3 Å². The minimum absolute atomic E-state index is 0.129. The van der Waals surface area contributed by atoms with Crippen LogP contribution in [0.3, 0.4) is 0 Å². The van der Waals surface area contributed by atoms with Gasteiger partial charge in [0, 0.05) is 12.6 Å². The Hall–Kier alpha value is -1.42. The molecule has 0 aliphatic carbocycles. The lowest BCUT2D eigenvalue weighted by molar-refractivity contribution is 0.0948. The number of nitrogens with one attached hydrogen (secondary N) is 1. The van der Waals surface area contributed by atoms with Crippen molar-refractivity contribution >= 4 is 5.91 Å². The first-order valence-electron chi connectivity index (χ1n) is 7.17. The van der Waals surface area contributed by atoms with Crippen molar-refractivity contribution in [3.8, 4) is 0 Å². The molecule has 1 amide bonds. The standard InChI is InChI=1S/C16H25FN2O/c1-12(2)19(4)11-6-5-10-18-16(20)14-9-7-8-13(3)15(14)17/h7-9,12H,5-6,10-11H2,1-4H3,(H,18,20). The van der Waals surface area contributed by atoms with Crippen LogP contribution >= 0.6 is 0 Å². The number of halogens is 1. The first-order chi connectivity index (χ1) is 9.43. The zero-order valence-corrected chi connectivity index (χ0v) is 12.9. The molecule has 1 rings (SSSR count). The van der Waals surface area contributed by atoms with Gasteiger partial charge in [0.25, 0.3) is 5.91 Å². The molecule has 0 saturated carbocycles. The number of hydrogen-bond acceptors (Lipinski definition) is 2. The van der Waals surface area contributed by atoms with Gasteiger partial charge in [-0.25, -0.2) is 4.39 Å². The second-order valence-electron chi connectivity index (χ2n) is 5.47. The number of nitrogens with zero attached hydrogens (tertiary/aromatic N) is 1. The molecule has 0 bridgehead atoms. The largest absolute Gasteiger partial charge is 0.352 e. The van der Waals surface area contributed by atoms with Gasteiger partial charge in [0.05, 0.1) is 5.56 Å². The monoisotopic (exact) mass is 280 g/mol. The summed E-state index contributed by atoms with van der Waals surface area (Å²) in [6.07, 6.45) is 1.92. The Morgan fingerprint density at radius 2 is 2.05 bits per heavy atom. The van der Waals surface area contributed by atoms with E-state index in [4.69, 9.17) is 0 Å². The van der Waals surface area contributed by atoms with Crippen LogP contribution < -0.4 is 5.32 Å². The second kappa shape index (κ2) is 8.00. The van der Waals surface area contributed by atoms with Crippen molar-refractivity contribution in [2.45, 2.75) is 39.7 Å². The fraction of sp³-hybridized carbons (Fsp3) is 0.562. The van der Waals surface area contributed by atoms with E-state index in [1.54, 1.807) is 19.1 Å². The van der Waals surface area contributed by atoms with Gasteiger partial charge in [-0.2, -0.15) is 0 Å². The van der Waals surface area contributed by atoms with Crippen molar-refractivity contribution < 1.29 is 9.18 Å². The maximum Gasteiger partial charge on any atom is 0.254 e. The Bertz CT molecular complexity index is 446. The smallest absolute Gasteiger partial charge is 0.254 e. The van der Waals surface area contributed by atoms with Gasteiger partial charge >= 0.3 is 0 Å². The number of carbonyl (C=O) groups excluding carboxylic acids is 1. The Morgan fingerprint density at radius 3 is 2.70 bits per heavy atom. The molecule has 0 atom stereocenters. The van der Waals surface area contributed by atoms with E-state index in [1.807, 2.05) is 0 Å². The predicted molar refractivity (Wildman–Crippen MR) is 80.5 cm³/mol. The van der Waals surface area contributed by atoms with E-state index < -0.39 is 5.82 Å². The van der Waals surface area contributed by atoms with E-state index in [1.165, 1.54) is 6.07 Å². The molecule has 0 aromatic heterocycles. The highest BCUT2D eigenvalue weighted by atomic mass is 19.1. The summed E-state index contributed by atoms with van der Waals surface area (Å²) in [5.41, 5.74) is 0.625. The average Bonchev–Trinajstić information content (AvgIpc) is 2.40. The van der Waals surface area contributed by atoms with Crippen LogP contribution in [0.4, 0.5) is 4.39 Å². The van der Waals surface area contributed by atoms with Gasteiger partial charge in [-0.05, 0) is 58.8 Å². The van der Waals surface area contributed by atoms with Crippen molar-refractivity contribution in [1.82, 2.24) is 10.2 Å². The molecular weight excluding hydrogens is 255 g/mol. The fourth-order valence-corrected chi connectivity index (χ4v) is 1.86. The van der Waals surface area contributed by atoms with Crippen molar-refractivity contribution in [1.29, 1.82) is 0 Å². The van der Waals surface area contributed by atoms with Gasteiger partial charge in [0.15, 0.2) is 0 Å². The minimum Gasteiger partial charge on any atom is -0.352 e. The maximum absolute atomic E-state index is 13.8. The van der Waals surface area contributed by atoms with Crippen molar-refractivity contribution in [3.63, 3.8) is 0 Å². The molecule has 0 aliphatic heterocycles. The molecule has 20 heavy (non-hydrogen) atoms. The van der Waals surface area contributed by atoms with Crippen LogP contribution in [0, 0.1) is 12.7 Å². The van der Waals surface area contributed by atoms with Crippen LogP contribution in [0.5, 0.6) is 0 Å². The van der Waals surface area contributed by atoms with Crippen LogP contribution in [0.1, 0.15) is 42.6 Å². The molecule has 0 fully saturated rings. The van der Waals surface area contributed by atoms with Crippen molar-refractivity contribution in [3.05, 3.63) is 35.1 Å². The quantitative estimate of drug-likeness (QED) is 0.779. The van der Waals surface area contributed by atoms with E-state index >= 15 is 0 Å². The highest BCUT2D eigenvalue weighted by molar-refractivity contribution is 5.94. The van der Waals surface area contributed by atoms with Crippen molar-refractivity contribution in [2.75, 3.05) is 20.1 Å². The minimum atomic E-state index is -0.426. The predicted octanol–water partition coefficient (Wildman–Crippen LogP) is 2.98. The van der Waals surface area contributed by atoms with Gasteiger partial charge < -0.3 is 10.2 Å². The number of aryl methyl sites for hydroxylation is 1. The van der Waals surface area contributed by atoms with Crippen LogP contribution in [0.25, 0.3) is 0 Å². The van der Waals surface area contributed by atoms with Gasteiger partial charge in [0.2, 0.25) is 0 Å². The summed E-state index contributed by atoms with van der Waals surface area (Å²) < 4.78 is 13.8. The fourth-order valence-electron chi connectivity index (χ4n) is 1.86. The molecule has 0 heterocycles. The molecule has 0 radical (unpaired) electrons. The zero-order chi connectivity index (χ0) is 15.1. The summed E-state index contributed by atoms with van der Waals surface area (Å²) in [7, 11) is 2.09. The number of benzene rings is 1. The normalized spacial score (nSPS) is 11.2. The summed E-state index contributed by atoms with van der Waals surface area (Å²) in [6.45, 7) is 7.56. The lowest BCUT2D eigenvalue weighted by atomic mass is 10.1. The van der Waals surface area contributed by atoms with E-state index in [0.717, 1.165) is 19.4 Å². The first kappa shape index (κ1) is 16.6. The van der Waals surface area contributed by atoms with Gasteiger partial charge in [-0.1, -0.05) is 12.1 Å². The molecule has 1 N–H and O–H groups in total. The molecule has 4 heteroatoms. The summed E-state index contributed by atoms with van der Waals surface area (Å²) in [4.78, 5) is 14.1. The zero-order valence-electron chi connectivity index (χ0n) is 12.9. The number of carbonyl (C=O) groups is 1. The molecule has 1 aromatic rings. The number of unbranched alkanes of at least 4 members (excludes halogenated alkanes) is 1. The number of hydrogen-bond donors (Lipinski definition) is 1. The number of amides is 1. The highest BCUT2D eigenvalue weighted by Gasteiger charge is 2.12. The Balaban J connectivity index is 2.32. The molecule has 0 aliphatic rings. The summed E-state index contributed by atoms with van der Waals surface area (Å²) in [5, 5.41) is 2.77. The lowest BCUT2D eigenvalue weighted by Gasteiger charge is -2.20. The molecule has 0 saturated heterocycles. The second-order valence-corrected chi connectivity index (χ2v) is 5.47. The van der Waals surface area contributed by atoms with E-state index in [0.29, 0.717) is 18.2 Å². The third kappa shape index (κ3) is 4.93. The Kier molecular flexibility index (Phi) is 6.65. The molecule has 1 aromatic carbocycles. The van der Waals surface area contributed by atoms with Crippen LogP contribution in [0.2, 0.25) is 0 Å². The van der Waals surface area contributed by atoms with E-state index in [-0.39, 0.29) is 11.5 Å². The van der Waals surface area contributed by atoms with Crippen LogP contribution in [-0.4, -0.2) is 37.0 Å². The van der Waals surface area contributed by atoms with E-state index in [2.05, 4.69) is 31.1 Å². The van der Waals surface area contributed by atoms with Gasteiger partial charge in [-0.15, -0.1) is 0 Å². The third-order valence-electron chi connectivity index (χ3n) is 3.54. The molecule has 0 unspecified atom stereocenters. The molecule has 112 valence electrons.